The van der Waals surface area contributed by atoms with Gasteiger partial charge in [-0.05, 0) is 55.2 Å². The fourth-order valence-electron chi connectivity index (χ4n) is 2.78. The molecule has 1 fully saturated rings. The quantitative estimate of drug-likeness (QED) is 0.680. The van der Waals surface area contributed by atoms with Gasteiger partial charge < -0.3 is 4.74 Å². The summed E-state index contributed by atoms with van der Waals surface area (Å²) in [4.78, 5) is 0. The molecule has 0 aromatic heterocycles. The minimum absolute atomic E-state index is 0.780. The maximum atomic E-state index is 5.93. The number of aryl methyl sites for hydroxylation is 1. The molecule has 0 amide bonds. The lowest BCUT2D eigenvalue weighted by atomic mass is 9.90. The molecule has 2 rings (SSSR count). The van der Waals surface area contributed by atoms with Gasteiger partial charge in [0.1, 0.15) is 5.75 Å². The first kappa shape index (κ1) is 14.4. The van der Waals surface area contributed by atoms with Gasteiger partial charge in [-0.25, -0.2) is 0 Å². The third-order valence-electron chi connectivity index (χ3n) is 4.14. The normalized spacial score (nSPS) is 16.8. The fourth-order valence-corrected chi connectivity index (χ4v) is 2.78. The molecule has 0 atom stereocenters. The summed E-state index contributed by atoms with van der Waals surface area (Å²) >= 11 is 0. The van der Waals surface area contributed by atoms with Crippen molar-refractivity contribution in [3.05, 3.63) is 29.8 Å². The first-order valence-corrected chi connectivity index (χ1v) is 7.96. The van der Waals surface area contributed by atoms with Gasteiger partial charge in [-0.1, -0.05) is 45.2 Å². The Morgan fingerprint density at radius 1 is 1.05 bits per heavy atom. The van der Waals surface area contributed by atoms with Crippen LogP contribution in [0.25, 0.3) is 0 Å². The van der Waals surface area contributed by atoms with Crippen LogP contribution in [0.15, 0.2) is 24.3 Å². The molecule has 106 valence electrons. The molecule has 1 aromatic carbocycles. The summed E-state index contributed by atoms with van der Waals surface area (Å²) in [6, 6.07) is 8.72. The van der Waals surface area contributed by atoms with E-state index < -0.39 is 0 Å². The highest BCUT2D eigenvalue weighted by atomic mass is 16.5. The zero-order valence-corrected chi connectivity index (χ0v) is 12.5. The van der Waals surface area contributed by atoms with Crippen LogP contribution in [0.4, 0.5) is 0 Å². The van der Waals surface area contributed by atoms with E-state index in [9.17, 15) is 0 Å². The zero-order valence-electron chi connectivity index (χ0n) is 12.5. The summed E-state index contributed by atoms with van der Waals surface area (Å²) in [6.07, 6.45) is 9.35. The maximum Gasteiger partial charge on any atom is 0.119 e. The molecular formula is C18H28O. The smallest absolute Gasteiger partial charge is 0.119 e. The van der Waals surface area contributed by atoms with Crippen molar-refractivity contribution in [2.75, 3.05) is 6.61 Å². The van der Waals surface area contributed by atoms with Crippen molar-refractivity contribution in [2.24, 2.45) is 11.8 Å². The van der Waals surface area contributed by atoms with Crippen LogP contribution < -0.4 is 4.74 Å². The van der Waals surface area contributed by atoms with E-state index in [1.807, 2.05) is 0 Å². The van der Waals surface area contributed by atoms with E-state index in [0.29, 0.717) is 0 Å². The number of hydrogen-bond acceptors (Lipinski definition) is 1. The van der Waals surface area contributed by atoms with Gasteiger partial charge in [0.25, 0.3) is 0 Å². The van der Waals surface area contributed by atoms with Crippen LogP contribution in [-0.2, 0) is 6.42 Å². The molecular weight excluding hydrogens is 232 g/mol. The lowest BCUT2D eigenvalue weighted by molar-refractivity contribution is 0.209. The second-order valence-electron chi connectivity index (χ2n) is 6.39. The topological polar surface area (TPSA) is 9.23 Å². The summed E-state index contributed by atoms with van der Waals surface area (Å²) in [7, 11) is 0. The average Bonchev–Trinajstić information content (AvgIpc) is 2.45. The average molecular weight is 260 g/mol. The highest BCUT2D eigenvalue weighted by molar-refractivity contribution is 5.27. The summed E-state index contributed by atoms with van der Waals surface area (Å²) in [5.41, 5.74) is 1.43. The molecule has 1 saturated carbocycles. The van der Waals surface area contributed by atoms with E-state index in [1.165, 1.54) is 50.5 Å². The molecule has 0 aliphatic heterocycles. The van der Waals surface area contributed by atoms with E-state index in [1.54, 1.807) is 0 Å². The molecule has 1 nitrogen and oxygen atoms in total. The van der Waals surface area contributed by atoms with Gasteiger partial charge >= 0.3 is 0 Å². The SMILES string of the molecule is CC(C)CCc1ccc(OCC2CCCCC2)cc1. The number of ether oxygens (including phenoxy) is 1. The van der Waals surface area contributed by atoms with Gasteiger partial charge in [-0.3, -0.25) is 0 Å². The van der Waals surface area contributed by atoms with Crippen LogP contribution in [0.5, 0.6) is 5.75 Å². The maximum absolute atomic E-state index is 5.93. The highest BCUT2D eigenvalue weighted by Crippen LogP contribution is 2.24. The van der Waals surface area contributed by atoms with Crippen molar-refractivity contribution >= 4 is 0 Å². The first-order chi connectivity index (χ1) is 9.24. The van der Waals surface area contributed by atoms with Gasteiger partial charge in [0.15, 0.2) is 0 Å². The second kappa shape index (κ2) is 7.57. The Morgan fingerprint density at radius 3 is 2.37 bits per heavy atom. The van der Waals surface area contributed by atoms with Crippen LogP contribution in [0.1, 0.15) is 57.9 Å². The Balaban J connectivity index is 1.74. The van der Waals surface area contributed by atoms with E-state index >= 15 is 0 Å². The van der Waals surface area contributed by atoms with Crippen molar-refractivity contribution in [1.29, 1.82) is 0 Å². The minimum Gasteiger partial charge on any atom is -0.493 e. The van der Waals surface area contributed by atoms with Crippen LogP contribution in [-0.4, -0.2) is 6.61 Å². The fraction of sp³-hybridized carbons (Fsp3) is 0.667. The van der Waals surface area contributed by atoms with Crippen molar-refractivity contribution in [2.45, 2.75) is 58.8 Å². The summed E-state index contributed by atoms with van der Waals surface area (Å²) in [6.45, 7) is 5.47. The monoisotopic (exact) mass is 260 g/mol. The molecule has 0 spiro atoms. The molecule has 0 N–H and O–H groups in total. The van der Waals surface area contributed by atoms with E-state index in [-0.39, 0.29) is 0 Å². The number of hydrogen-bond donors (Lipinski definition) is 0. The van der Waals surface area contributed by atoms with Gasteiger partial charge in [0.05, 0.1) is 6.61 Å². The zero-order chi connectivity index (χ0) is 13.5. The van der Waals surface area contributed by atoms with Gasteiger partial charge in [0, 0.05) is 0 Å². The lowest BCUT2D eigenvalue weighted by Gasteiger charge is -2.21. The predicted octanol–water partition coefficient (Wildman–Crippen LogP) is 5.23. The Morgan fingerprint density at radius 2 is 1.74 bits per heavy atom. The van der Waals surface area contributed by atoms with Crippen LogP contribution in [0, 0.1) is 11.8 Å². The third kappa shape index (κ3) is 5.26. The van der Waals surface area contributed by atoms with Gasteiger partial charge in [-0.15, -0.1) is 0 Å². The second-order valence-corrected chi connectivity index (χ2v) is 6.39. The Kier molecular flexibility index (Phi) is 5.75. The molecule has 1 heteroatoms. The third-order valence-corrected chi connectivity index (χ3v) is 4.14. The Labute approximate surface area is 118 Å². The molecule has 1 aliphatic rings. The lowest BCUT2D eigenvalue weighted by Crippen LogP contribution is -2.15. The summed E-state index contributed by atoms with van der Waals surface area (Å²) < 4.78 is 5.93. The van der Waals surface area contributed by atoms with Gasteiger partial charge in [-0.2, -0.15) is 0 Å². The van der Waals surface area contributed by atoms with Crippen LogP contribution in [0.3, 0.4) is 0 Å². The largest absolute Gasteiger partial charge is 0.493 e. The van der Waals surface area contributed by atoms with Gasteiger partial charge in [0.2, 0.25) is 0 Å². The molecule has 0 saturated heterocycles. The van der Waals surface area contributed by atoms with Crippen molar-refractivity contribution in [3.8, 4) is 5.75 Å². The predicted molar refractivity (Wildman–Crippen MR) is 81.7 cm³/mol. The molecule has 0 radical (unpaired) electrons. The van der Waals surface area contributed by atoms with E-state index in [2.05, 4.69) is 38.1 Å². The molecule has 1 aliphatic carbocycles. The van der Waals surface area contributed by atoms with Crippen LogP contribution >= 0.6 is 0 Å². The van der Waals surface area contributed by atoms with Crippen molar-refractivity contribution in [3.63, 3.8) is 0 Å². The van der Waals surface area contributed by atoms with Crippen LogP contribution in [0.2, 0.25) is 0 Å². The summed E-state index contributed by atoms with van der Waals surface area (Å²) in [5, 5.41) is 0. The molecule has 0 heterocycles. The Hall–Kier alpha value is -0.980. The van der Waals surface area contributed by atoms with E-state index in [4.69, 9.17) is 4.74 Å². The Bertz CT molecular complexity index is 346. The number of rotatable bonds is 6. The highest BCUT2D eigenvalue weighted by Gasteiger charge is 2.13. The van der Waals surface area contributed by atoms with Crippen molar-refractivity contribution < 1.29 is 4.74 Å². The first-order valence-electron chi connectivity index (χ1n) is 7.96. The minimum atomic E-state index is 0.780. The molecule has 19 heavy (non-hydrogen) atoms. The molecule has 0 unspecified atom stereocenters. The summed E-state index contributed by atoms with van der Waals surface area (Å²) in [5.74, 6) is 2.61. The number of benzene rings is 1. The molecule has 0 bridgehead atoms. The van der Waals surface area contributed by atoms with E-state index in [0.717, 1.165) is 24.2 Å². The van der Waals surface area contributed by atoms with Crippen molar-refractivity contribution in [1.82, 2.24) is 0 Å². The molecule has 1 aromatic rings. The standard InChI is InChI=1S/C18H28O/c1-15(2)8-9-16-10-12-18(13-11-16)19-14-17-6-4-3-5-7-17/h10-13,15,17H,3-9,14H2,1-2H3.